The highest BCUT2D eigenvalue weighted by Crippen LogP contribution is 2.10. The zero-order valence-electron chi connectivity index (χ0n) is 27.2. The van der Waals surface area contributed by atoms with Gasteiger partial charge in [-0.05, 0) is 33.1 Å². The van der Waals surface area contributed by atoms with E-state index >= 15 is 0 Å². The van der Waals surface area contributed by atoms with Crippen molar-refractivity contribution in [1.29, 1.82) is 0 Å². The Morgan fingerprint density at radius 3 is 1.41 bits per heavy atom. The van der Waals surface area contributed by atoms with Crippen molar-refractivity contribution in [3.63, 3.8) is 0 Å². The van der Waals surface area contributed by atoms with Gasteiger partial charge in [-0.1, -0.05) is 38.5 Å². The molecule has 0 aliphatic carbocycles. The van der Waals surface area contributed by atoms with Crippen molar-refractivity contribution in [3.05, 3.63) is 0 Å². The lowest BCUT2D eigenvalue weighted by atomic mass is 10.1. The van der Waals surface area contributed by atoms with Crippen LogP contribution in [-0.2, 0) is 42.9 Å². The molecule has 44 heavy (non-hydrogen) atoms. The molecule has 0 bridgehead atoms. The maximum absolute atomic E-state index is 12.9. The predicted molar refractivity (Wildman–Crippen MR) is 167 cm³/mol. The van der Waals surface area contributed by atoms with Gasteiger partial charge in [0.2, 0.25) is 11.8 Å². The largest absolute Gasteiger partial charge is 0.481 e. The molecule has 256 valence electrons. The third kappa shape index (κ3) is 31.0. The molecule has 0 aliphatic rings. The minimum atomic E-state index is -0.734. The maximum atomic E-state index is 12.9. The summed E-state index contributed by atoms with van der Waals surface area (Å²) in [5, 5.41) is 11.5. The average Bonchev–Trinajstić information content (AvgIpc) is 2.97. The maximum Gasteiger partial charge on any atom is 0.303 e. The van der Waals surface area contributed by atoms with Crippen LogP contribution in [0.3, 0.4) is 0 Å². The molecule has 0 heterocycles. The van der Waals surface area contributed by atoms with Crippen molar-refractivity contribution >= 4 is 29.4 Å². The van der Waals surface area contributed by atoms with Gasteiger partial charge in [-0.25, -0.2) is 0 Å². The van der Waals surface area contributed by atoms with Crippen molar-refractivity contribution in [3.8, 4) is 0 Å². The third-order valence-corrected chi connectivity index (χ3v) is 6.74. The molecule has 0 saturated carbocycles. The molecule has 0 aliphatic heterocycles. The lowest BCUT2D eigenvalue weighted by Gasteiger charge is -2.23. The number of nitrogens with zero attached hydrogens (tertiary/aromatic N) is 1. The first-order valence-electron chi connectivity index (χ1n) is 16.3. The summed E-state index contributed by atoms with van der Waals surface area (Å²) in [7, 11) is 0. The summed E-state index contributed by atoms with van der Waals surface area (Å²) in [6, 6.07) is 0. The zero-order chi connectivity index (χ0) is 32.7. The van der Waals surface area contributed by atoms with Crippen LogP contribution in [0.25, 0.3) is 0 Å². The monoisotopic (exact) mass is 630 g/mol. The number of amides is 2. The van der Waals surface area contributed by atoms with E-state index in [1.165, 1.54) is 13.8 Å². The second-order valence-corrected chi connectivity index (χ2v) is 10.9. The molecule has 0 aromatic rings. The Bertz CT molecular complexity index is 748. The number of carboxylic acid groups (broad SMARTS) is 1. The number of Topliss-reactive ketones (excluding diaryl/α,β-unsaturated/α-hetero) is 2. The number of ketones is 2. The molecule has 0 saturated heterocycles. The van der Waals surface area contributed by atoms with Gasteiger partial charge in [0, 0.05) is 51.7 Å². The number of carboxylic acids is 1. The number of unbranched alkanes of at least 4 members (excludes halogenated alkanes) is 7. The van der Waals surface area contributed by atoms with E-state index in [1.807, 2.05) is 0 Å². The second kappa shape index (κ2) is 30.6. The van der Waals surface area contributed by atoms with Gasteiger partial charge in [-0.15, -0.1) is 0 Å². The SMILES string of the molecule is CC(=O)CCOCCOCCN(CCOCCOCCC(C)=O)C(=O)CCCNC(=O)CCCCCCCCCCC(=O)O. The zero-order valence-corrected chi connectivity index (χ0v) is 27.2. The number of hydrogen-bond donors (Lipinski definition) is 2. The van der Waals surface area contributed by atoms with Gasteiger partial charge in [0.1, 0.15) is 11.6 Å². The molecule has 0 unspecified atom stereocenters. The van der Waals surface area contributed by atoms with E-state index in [0.29, 0.717) is 105 Å². The van der Waals surface area contributed by atoms with Crippen LogP contribution in [-0.4, -0.2) is 112 Å². The van der Waals surface area contributed by atoms with Crippen LogP contribution in [0, 0.1) is 0 Å². The fourth-order valence-electron chi connectivity index (χ4n) is 4.12. The summed E-state index contributed by atoms with van der Waals surface area (Å²) in [6.07, 6.45) is 10.2. The molecule has 0 aromatic heterocycles. The Labute approximate surface area is 263 Å². The molecule has 0 radical (unpaired) electrons. The van der Waals surface area contributed by atoms with Crippen LogP contribution in [0.1, 0.15) is 104 Å². The van der Waals surface area contributed by atoms with Gasteiger partial charge in [0.25, 0.3) is 0 Å². The Morgan fingerprint density at radius 2 is 0.955 bits per heavy atom. The highest BCUT2D eigenvalue weighted by molar-refractivity contribution is 5.77. The van der Waals surface area contributed by atoms with E-state index in [-0.39, 0.29) is 29.8 Å². The molecule has 12 heteroatoms. The van der Waals surface area contributed by atoms with E-state index in [4.69, 9.17) is 24.1 Å². The van der Waals surface area contributed by atoms with Crippen molar-refractivity contribution in [1.82, 2.24) is 10.2 Å². The normalized spacial score (nSPS) is 11.0. The second-order valence-electron chi connectivity index (χ2n) is 10.9. The first-order valence-corrected chi connectivity index (χ1v) is 16.3. The van der Waals surface area contributed by atoms with Crippen molar-refractivity contribution in [2.24, 2.45) is 0 Å². The van der Waals surface area contributed by atoms with E-state index in [2.05, 4.69) is 5.32 Å². The molecule has 0 spiro atoms. The summed E-state index contributed by atoms with van der Waals surface area (Å²) in [5.74, 6) is -0.612. The number of carbonyl (C=O) groups is 5. The minimum Gasteiger partial charge on any atom is -0.481 e. The van der Waals surface area contributed by atoms with Gasteiger partial charge in [0.15, 0.2) is 0 Å². The van der Waals surface area contributed by atoms with Crippen molar-refractivity contribution in [2.45, 2.75) is 104 Å². The molecule has 0 fully saturated rings. The van der Waals surface area contributed by atoms with E-state index in [0.717, 1.165) is 51.4 Å². The number of hydrogen-bond acceptors (Lipinski definition) is 9. The van der Waals surface area contributed by atoms with Crippen LogP contribution >= 0.6 is 0 Å². The highest BCUT2D eigenvalue weighted by Gasteiger charge is 2.13. The van der Waals surface area contributed by atoms with Crippen molar-refractivity contribution in [2.75, 3.05) is 72.5 Å². The van der Waals surface area contributed by atoms with Gasteiger partial charge in [-0.2, -0.15) is 0 Å². The van der Waals surface area contributed by atoms with Crippen LogP contribution in [0.5, 0.6) is 0 Å². The van der Waals surface area contributed by atoms with E-state index in [1.54, 1.807) is 4.90 Å². The van der Waals surface area contributed by atoms with E-state index < -0.39 is 5.97 Å². The quantitative estimate of drug-likeness (QED) is 0.102. The Balaban J connectivity index is 4.13. The minimum absolute atomic E-state index is 0.000758. The summed E-state index contributed by atoms with van der Waals surface area (Å²) in [6.45, 7) is 7.21. The lowest BCUT2D eigenvalue weighted by molar-refractivity contribution is -0.137. The van der Waals surface area contributed by atoms with Crippen LogP contribution in [0.2, 0.25) is 0 Å². The van der Waals surface area contributed by atoms with Crippen LogP contribution in [0.15, 0.2) is 0 Å². The fraction of sp³-hybridized carbons (Fsp3) is 0.844. The average molecular weight is 631 g/mol. The Kier molecular flexibility index (Phi) is 28.9. The number of ether oxygens (including phenoxy) is 4. The molecular weight excluding hydrogens is 572 g/mol. The Morgan fingerprint density at radius 1 is 0.523 bits per heavy atom. The molecule has 12 nitrogen and oxygen atoms in total. The lowest BCUT2D eigenvalue weighted by Crippen LogP contribution is -2.37. The van der Waals surface area contributed by atoms with Gasteiger partial charge in [-0.3, -0.25) is 24.0 Å². The first kappa shape index (κ1) is 41.6. The number of carbonyl (C=O) groups excluding carboxylic acids is 4. The topological polar surface area (TPSA) is 158 Å². The predicted octanol–water partition coefficient (Wildman–Crippen LogP) is 3.72. The number of nitrogens with one attached hydrogen (secondary N) is 1. The number of rotatable bonds is 33. The van der Waals surface area contributed by atoms with Gasteiger partial charge < -0.3 is 34.3 Å². The van der Waals surface area contributed by atoms with Crippen molar-refractivity contribution < 1.29 is 48.0 Å². The first-order chi connectivity index (χ1) is 21.2. The summed E-state index contributed by atoms with van der Waals surface area (Å²) >= 11 is 0. The molecule has 0 aromatic carbocycles. The number of aliphatic carboxylic acids is 1. The van der Waals surface area contributed by atoms with Crippen LogP contribution in [0.4, 0.5) is 0 Å². The van der Waals surface area contributed by atoms with Gasteiger partial charge in [0.05, 0.1) is 52.9 Å². The van der Waals surface area contributed by atoms with Crippen LogP contribution < -0.4 is 5.32 Å². The standard InChI is InChI=1S/C32H58N2O10/c1-28(35)15-20-41-24-26-43-22-18-34(19-23-44-27-25-42-21-16-29(2)36)31(38)13-11-17-33-30(37)12-9-7-5-3-4-6-8-10-14-32(39)40/h3-27H2,1-2H3,(H,33,37)(H,39,40). The van der Waals surface area contributed by atoms with Gasteiger partial charge >= 0.3 is 5.97 Å². The molecular formula is C32H58N2O10. The summed E-state index contributed by atoms with van der Waals surface area (Å²) in [5.41, 5.74) is 0. The smallest absolute Gasteiger partial charge is 0.303 e. The summed E-state index contributed by atoms with van der Waals surface area (Å²) in [4.78, 5) is 59.1. The molecule has 2 amide bonds. The highest BCUT2D eigenvalue weighted by atomic mass is 16.5. The van der Waals surface area contributed by atoms with E-state index in [9.17, 15) is 24.0 Å². The molecule has 0 rings (SSSR count). The fourth-order valence-corrected chi connectivity index (χ4v) is 4.12. The molecule has 0 atom stereocenters. The summed E-state index contributed by atoms with van der Waals surface area (Å²) < 4.78 is 21.9. The Hall–Kier alpha value is -2.41. The third-order valence-electron chi connectivity index (χ3n) is 6.74. The molecule has 2 N–H and O–H groups in total.